The Morgan fingerprint density at radius 1 is 0.127 bits per heavy atom. The summed E-state index contributed by atoms with van der Waals surface area (Å²) in [5, 5.41) is 19.2. The predicted octanol–water partition coefficient (Wildman–Crippen LogP) is 31.8. The predicted molar refractivity (Wildman–Crippen MR) is 529 cm³/mol. The van der Waals surface area contributed by atoms with E-state index < -0.39 is 0 Å². The van der Waals surface area contributed by atoms with Crippen molar-refractivity contribution in [1.82, 2.24) is 29.9 Å². The zero-order valence-corrected chi connectivity index (χ0v) is 68.7. The molecule has 0 radical (unpaired) electrons. The normalized spacial score (nSPS) is 11.3. The van der Waals surface area contributed by atoms with Gasteiger partial charge in [-0.3, -0.25) is 9.97 Å². The largest absolute Gasteiger partial charge is 0.256 e. The smallest absolute Gasteiger partial charge is 0.0780 e. The average Bonchev–Trinajstić information content (AvgIpc) is 0.784. The van der Waals surface area contributed by atoms with Crippen LogP contribution in [0.1, 0.15) is 0 Å². The number of fused-ring (bicyclic) bond motifs is 9. The first kappa shape index (κ1) is 75.4. The molecule has 6 heteroatoms. The Balaban J connectivity index is 0.000000112. The van der Waals surface area contributed by atoms with E-state index >= 15 is 0 Å². The molecule has 126 heavy (non-hydrogen) atoms. The quantitative estimate of drug-likeness (QED) is 0.121. The third-order valence-corrected chi connectivity index (χ3v) is 24.1. The van der Waals surface area contributed by atoms with Crippen LogP contribution in [0, 0.1) is 0 Å². The summed E-state index contributed by atoms with van der Waals surface area (Å²) in [4.78, 5) is 30.0. The van der Waals surface area contributed by atoms with Gasteiger partial charge < -0.3 is 0 Å². The lowest BCUT2D eigenvalue weighted by Crippen LogP contribution is -1.92. The molecular formula is C120H78N6. The van der Waals surface area contributed by atoms with Crippen LogP contribution in [-0.2, 0) is 0 Å². The van der Waals surface area contributed by atoms with E-state index in [1.165, 1.54) is 70.0 Å². The van der Waals surface area contributed by atoms with Gasteiger partial charge in [0.25, 0.3) is 0 Å². The minimum absolute atomic E-state index is 0.954. The van der Waals surface area contributed by atoms with Crippen LogP contribution >= 0.6 is 0 Å². The van der Waals surface area contributed by atoms with Crippen molar-refractivity contribution in [2.45, 2.75) is 0 Å². The zero-order chi connectivity index (χ0) is 83.6. The van der Waals surface area contributed by atoms with E-state index in [2.05, 4.69) is 442 Å². The Morgan fingerprint density at radius 3 is 0.825 bits per heavy atom. The Kier molecular flexibility index (Phi) is 19.9. The van der Waals surface area contributed by atoms with E-state index in [-0.39, 0.29) is 0 Å². The summed E-state index contributed by atoms with van der Waals surface area (Å²) in [6.07, 6.45) is 3.85. The molecule has 0 aliphatic rings. The van der Waals surface area contributed by atoms with Crippen LogP contribution in [0.15, 0.2) is 473 Å². The molecule has 6 heterocycles. The number of rotatable bonds is 12. The molecule has 0 bridgehead atoms. The molecule has 0 atom stereocenters. The highest BCUT2D eigenvalue weighted by Crippen LogP contribution is 2.41. The minimum atomic E-state index is 0.954. The first-order valence-corrected chi connectivity index (χ1v) is 42.7. The Labute approximate surface area is 730 Å². The summed E-state index contributed by atoms with van der Waals surface area (Å²) < 4.78 is 0. The van der Waals surface area contributed by atoms with E-state index in [9.17, 15) is 0 Å². The van der Waals surface area contributed by atoms with Gasteiger partial charge in [0.2, 0.25) is 0 Å². The fourth-order valence-electron chi connectivity index (χ4n) is 17.4. The lowest BCUT2D eigenvalue weighted by molar-refractivity contribution is 1.32. The van der Waals surface area contributed by atoms with Crippen molar-refractivity contribution in [2.75, 3.05) is 0 Å². The van der Waals surface area contributed by atoms with E-state index in [1.54, 1.807) is 0 Å². The van der Waals surface area contributed by atoms with E-state index in [4.69, 9.17) is 24.9 Å². The molecule has 18 aromatic carbocycles. The van der Waals surface area contributed by atoms with Gasteiger partial charge in [-0.25, -0.2) is 19.9 Å². The molecule has 0 saturated carbocycles. The summed E-state index contributed by atoms with van der Waals surface area (Å²) in [5.41, 5.74) is 27.6. The van der Waals surface area contributed by atoms with Crippen molar-refractivity contribution < 1.29 is 0 Å². The van der Waals surface area contributed by atoms with Gasteiger partial charge in [-0.1, -0.05) is 346 Å². The first-order valence-electron chi connectivity index (χ1n) is 42.7. The standard InChI is InChI=1S/3C40H26N2/c1-3-11-30-22-33(18-16-27(30)8-1)38-25-36(26-39(42-38)34-19-17-28-9-2-4-12-31(28)23-34)32-13-7-14-35(24-32)40-37-15-6-5-10-29(37)20-21-41-40;1-3-11-30-22-34(18-16-27(30)8-1)39-25-36(26-40(42-39)35-19-17-28-9-2-4-12-31(28)23-35)32-13-7-14-33(24-32)38-21-20-29-10-5-6-15-37(29)41-38;1-3-9-31-21-34(19-17-27(31)7-1)39-24-36(25-40(42-39)35-20-18-28-8-2-4-10-32(28)22-35)29-13-15-30(16-14-29)37-23-33-11-5-6-12-38(33)41-26-37/h3*1-26H. The van der Waals surface area contributed by atoms with Crippen LogP contribution in [0.3, 0.4) is 0 Å². The molecule has 24 rings (SSSR count). The van der Waals surface area contributed by atoms with Crippen LogP contribution in [0.4, 0.5) is 0 Å². The number of hydrogen-bond acceptors (Lipinski definition) is 6. The average molecular weight is 1600 g/mol. The lowest BCUT2D eigenvalue weighted by Gasteiger charge is -2.13. The van der Waals surface area contributed by atoms with E-state index in [0.717, 1.165) is 162 Å². The fraction of sp³-hybridized carbons (Fsp3) is 0. The molecule has 0 unspecified atom stereocenters. The number of nitrogens with zero attached hydrogens (tertiary/aromatic N) is 6. The lowest BCUT2D eigenvalue weighted by atomic mass is 9.96. The van der Waals surface area contributed by atoms with Gasteiger partial charge in [-0.15, -0.1) is 0 Å². The molecule has 6 nitrogen and oxygen atoms in total. The molecule has 0 spiro atoms. The summed E-state index contributed by atoms with van der Waals surface area (Å²) >= 11 is 0. The number of pyridine rings is 6. The van der Waals surface area contributed by atoms with Crippen molar-refractivity contribution in [1.29, 1.82) is 0 Å². The molecule has 24 aromatic rings. The van der Waals surface area contributed by atoms with Crippen molar-refractivity contribution in [3.63, 3.8) is 0 Å². The number of aromatic nitrogens is 6. The third kappa shape index (κ3) is 15.6. The highest BCUT2D eigenvalue weighted by Gasteiger charge is 2.18. The summed E-state index contributed by atoms with van der Waals surface area (Å²) in [6, 6.07) is 163. The Morgan fingerprint density at radius 2 is 0.413 bits per heavy atom. The Bertz CT molecular complexity index is 8010. The first-order chi connectivity index (χ1) is 62.3. The van der Waals surface area contributed by atoms with E-state index in [0.29, 0.717) is 0 Å². The van der Waals surface area contributed by atoms with Crippen molar-refractivity contribution in [3.8, 4) is 135 Å². The molecular weight excluding hydrogens is 1530 g/mol. The summed E-state index contributed by atoms with van der Waals surface area (Å²) in [5.74, 6) is 0. The maximum Gasteiger partial charge on any atom is 0.0780 e. The second kappa shape index (κ2) is 33.3. The van der Waals surface area contributed by atoms with Crippen LogP contribution in [0.2, 0.25) is 0 Å². The van der Waals surface area contributed by atoms with Crippen molar-refractivity contribution in [2.24, 2.45) is 0 Å². The van der Waals surface area contributed by atoms with Gasteiger partial charge in [0.15, 0.2) is 0 Å². The molecule has 6 aromatic heterocycles. The molecule has 0 saturated heterocycles. The van der Waals surface area contributed by atoms with Crippen molar-refractivity contribution >= 4 is 97.2 Å². The topological polar surface area (TPSA) is 77.3 Å². The SMILES string of the molecule is c1cc(-c2cc(-c3ccc4ccccc4c3)nc(-c3ccc4ccccc4c3)c2)cc(-c2ccc3ccccc3n2)c1.c1cc(-c2cc(-c3ccc4ccccc4c3)nc(-c3ccc4ccccc4c3)c2)cc(-c2nccc3ccccc23)c1.c1ccc2cc(-c3cc(-c4ccc(-c5cnc6ccccc6c5)cc4)cc(-c4ccc5ccccc5c4)n3)ccc2c1. The molecule has 0 aliphatic carbocycles. The van der Waals surface area contributed by atoms with Crippen LogP contribution in [0.25, 0.3) is 232 Å². The highest BCUT2D eigenvalue weighted by molar-refractivity contribution is 5.99. The molecule has 588 valence electrons. The second-order valence-corrected chi connectivity index (χ2v) is 32.2. The third-order valence-electron chi connectivity index (χ3n) is 24.1. The summed E-state index contributed by atoms with van der Waals surface area (Å²) in [7, 11) is 0. The molecule has 0 N–H and O–H groups in total. The monoisotopic (exact) mass is 1600 g/mol. The molecule has 0 fully saturated rings. The van der Waals surface area contributed by atoms with Crippen LogP contribution in [0.5, 0.6) is 0 Å². The summed E-state index contributed by atoms with van der Waals surface area (Å²) in [6.45, 7) is 0. The second-order valence-electron chi connectivity index (χ2n) is 32.2. The number of benzene rings is 18. The number of para-hydroxylation sites is 2. The van der Waals surface area contributed by atoms with Crippen LogP contribution < -0.4 is 0 Å². The fourth-order valence-corrected chi connectivity index (χ4v) is 17.4. The molecule has 0 aliphatic heterocycles. The van der Waals surface area contributed by atoms with Crippen LogP contribution in [-0.4, -0.2) is 29.9 Å². The number of hydrogen-bond donors (Lipinski definition) is 0. The zero-order valence-electron chi connectivity index (χ0n) is 68.7. The molecule has 0 amide bonds. The van der Waals surface area contributed by atoms with Gasteiger partial charge >= 0.3 is 0 Å². The van der Waals surface area contributed by atoms with E-state index in [1.807, 2.05) is 36.7 Å². The maximum absolute atomic E-state index is 5.22. The Hall–Kier alpha value is -16.8. The van der Waals surface area contributed by atoms with Gasteiger partial charge in [0.05, 0.1) is 56.6 Å². The maximum atomic E-state index is 5.22. The van der Waals surface area contributed by atoms with Crippen molar-refractivity contribution in [3.05, 3.63) is 473 Å². The van der Waals surface area contributed by atoms with Gasteiger partial charge in [-0.05, 0) is 224 Å². The van der Waals surface area contributed by atoms with Gasteiger partial charge in [-0.2, -0.15) is 0 Å². The van der Waals surface area contributed by atoms with Gasteiger partial charge in [0, 0.05) is 78.6 Å². The minimum Gasteiger partial charge on any atom is -0.256 e. The van der Waals surface area contributed by atoms with Gasteiger partial charge in [0.1, 0.15) is 0 Å². The highest BCUT2D eigenvalue weighted by atomic mass is 14.7.